The Bertz CT molecular complexity index is 376. The van der Waals surface area contributed by atoms with Gasteiger partial charge in [0.05, 0.1) is 6.10 Å². The minimum atomic E-state index is -0.192. The molecule has 4 heteroatoms. The van der Waals surface area contributed by atoms with E-state index in [0.717, 1.165) is 31.8 Å². The summed E-state index contributed by atoms with van der Waals surface area (Å²) in [6, 6.07) is 6.99. The van der Waals surface area contributed by atoms with E-state index in [-0.39, 0.29) is 5.82 Å². The highest BCUT2D eigenvalue weighted by Crippen LogP contribution is 2.15. The van der Waals surface area contributed by atoms with Crippen LogP contribution in [0.4, 0.5) is 10.1 Å². The van der Waals surface area contributed by atoms with Gasteiger partial charge in [0.15, 0.2) is 0 Å². The van der Waals surface area contributed by atoms with E-state index in [1.165, 1.54) is 18.6 Å². The van der Waals surface area contributed by atoms with E-state index in [1.54, 1.807) is 12.1 Å². The Hall–Kier alpha value is -1.13. The first-order chi connectivity index (χ1) is 9.16. The maximum Gasteiger partial charge on any atom is 0.123 e. The Balaban J connectivity index is 1.71. The normalized spacial score (nSPS) is 20.5. The van der Waals surface area contributed by atoms with Crippen LogP contribution in [0.2, 0.25) is 0 Å². The fourth-order valence-corrected chi connectivity index (χ4v) is 2.41. The zero-order valence-corrected chi connectivity index (χ0v) is 11.7. The lowest BCUT2D eigenvalue weighted by Crippen LogP contribution is -2.40. The molecule has 0 radical (unpaired) electrons. The summed E-state index contributed by atoms with van der Waals surface area (Å²) in [6.07, 6.45) is 2.69. The summed E-state index contributed by atoms with van der Waals surface area (Å²) in [7, 11) is 2.02. The van der Waals surface area contributed by atoms with Gasteiger partial charge in [-0.3, -0.25) is 0 Å². The standard InChI is InChI=1S/C15H23FN2O/c1-12(15-4-3-11-19-15)17-9-10-18(2)14-7-5-13(16)6-8-14/h5-8,12,15,17H,3-4,9-11H2,1-2H3. The molecular weight excluding hydrogens is 243 g/mol. The molecule has 1 aromatic carbocycles. The maximum absolute atomic E-state index is 12.8. The highest BCUT2D eigenvalue weighted by Gasteiger charge is 2.21. The summed E-state index contributed by atoms with van der Waals surface area (Å²) in [5.74, 6) is -0.192. The van der Waals surface area contributed by atoms with Crippen LogP contribution in [0.1, 0.15) is 19.8 Å². The number of nitrogens with zero attached hydrogens (tertiary/aromatic N) is 1. The number of nitrogens with one attached hydrogen (secondary N) is 1. The minimum Gasteiger partial charge on any atom is -0.377 e. The third kappa shape index (κ3) is 4.18. The summed E-state index contributed by atoms with van der Waals surface area (Å²) < 4.78 is 18.5. The monoisotopic (exact) mass is 266 g/mol. The minimum absolute atomic E-state index is 0.192. The second kappa shape index (κ2) is 6.87. The van der Waals surface area contributed by atoms with Crippen molar-refractivity contribution in [1.82, 2.24) is 5.32 Å². The summed E-state index contributed by atoms with van der Waals surface area (Å²) in [5.41, 5.74) is 1.04. The Morgan fingerprint density at radius 3 is 2.79 bits per heavy atom. The van der Waals surface area contributed by atoms with Gasteiger partial charge in [-0.2, -0.15) is 0 Å². The maximum atomic E-state index is 12.8. The second-order valence-electron chi connectivity index (χ2n) is 5.19. The van der Waals surface area contributed by atoms with Crippen LogP contribution in [0.15, 0.2) is 24.3 Å². The van der Waals surface area contributed by atoms with Crippen LogP contribution in [-0.4, -0.2) is 38.9 Å². The zero-order valence-electron chi connectivity index (χ0n) is 11.7. The van der Waals surface area contributed by atoms with E-state index in [0.29, 0.717) is 12.1 Å². The number of anilines is 1. The van der Waals surface area contributed by atoms with E-state index in [4.69, 9.17) is 4.74 Å². The highest BCUT2D eigenvalue weighted by atomic mass is 19.1. The molecule has 0 bridgehead atoms. The van der Waals surface area contributed by atoms with Crippen molar-refractivity contribution >= 4 is 5.69 Å². The van der Waals surface area contributed by atoms with Crippen molar-refractivity contribution < 1.29 is 9.13 Å². The second-order valence-corrected chi connectivity index (χ2v) is 5.19. The number of halogens is 1. The third-order valence-electron chi connectivity index (χ3n) is 3.70. The molecule has 1 heterocycles. The van der Waals surface area contributed by atoms with Gasteiger partial charge >= 0.3 is 0 Å². The quantitative estimate of drug-likeness (QED) is 0.856. The van der Waals surface area contributed by atoms with Gasteiger partial charge in [0, 0.05) is 38.5 Å². The molecule has 0 spiro atoms. The van der Waals surface area contributed by atoms with Gasteiger partial charge < -0.3 is 15.0 Å². The van der Waals surface area contributed by atoms with Gasteiger partial charge in [0.2, 0.25) is 0 Å². The van der Waals surface area contributed by atoms with Crippen molar-refractivity contribution in [3.63, 3.8) is 0 Å². The average Bonchev–Trinajstić information content (AvgIpc) is 2.93. The van der Waals surface area contributed by atoms with Gasteiger partial charge in [-0.05, 0) is 44.0 Å². The van der Waals surface area contributed by atoms with Crippen LogP contribution < -0.4 is 10.2 Å². The smallest absolute Gasteiger partial charge is 0.123 e. The van der Waals surface area contributed by atoms with Crippen LogP contribution in [0.25, 0.3) is 0 Å². The fraction of sp³-hybridized carbons (Fsp3) is 0.600. The Kier molecular flexibility index (Phi) is 5.16. The van der Waals surface area contributed by atoms with E-state index >= 15 is 0 Å². The predicted molar refractivity (Wildman–Crippen MR) is 76.1 cm³/mol. The first-order valence-electron chi connectivity index (χ1n) is 6.98. The SMILES string of the molecule is CC(NCCN(C)c1ccc(F)cc1)C1CCCO1. The van der Waals surface area contributed by atoms with Crippen LogP contribution in [-0.2, 0) is 4.74 Å². The van der Waals surface area contributed by atoms with Crippen molar-refractivity contribution in [2.75, 3.05) is 31.6 Å². The molecule has 0 aliphatic carbocycles. The predicted octanol–water partition coefficient (Wildman–Crippen LogP) is 2.42. The molecule has 2 rings (SSSR count). The lowest BCUT2D eigenvalue weighted by atomic mass is 10.1. The average molecular weight is 266 g/mol. The first kappa shape index (κ1) is 14.3. The van der Waals surface area contributed by atoms with Gasteiger partial charge in [0.1, 0.15) is 5.82 Å². The number of rotatable bonds is 6. The van der Waals surface area contributed by atoms with Gasteiger partial charge in [-0.15, -0.1) is 0 Å². The van der Waals surface area contributed by atoms with E-state index < -0.39 is 0 Å². The number of benzene rings is 1. The van der Waals surface area contributed by atoms with Crippen molar-refractivity contribution in [1.29, 1.82) is 0 Å². The molecule has 1 aliphatic rings. The number of hydrogen-bond acceptors (Lipinski definition) is 3. The molecule has 1 aromatic rings. The molecule has 106 valence electrons. The van der Waals surface area contributed by atoms with E-state index in [2.05, 4.69) is 17.1 Å². The van der Waals surface area contributed by atoms with E-state index in [9.17, 15) is 4.39 Å². The lowest BCUT2D eigenvalue weighted by Gasteiger charge is -2.23. The molecule has 1 N–H and O–H groups in total. The van der Waals surface area contributed by atoms with Gasteiger partial charge in [0.25, 0.3) is 0 Å². The molecule has 2 unspecified atom stereocenters. The number of ether oxygens (including phenoxy) is 1. The zero-order chi connectivity index (χ0) is 13.7. The van der Waals surface area contributed by atoms with E-state index in [1.807, 2.05) is 7.05 Å². The third-order valence-corrected chi connectivity index (χ3v) is 3.70. The molecule has 1 saturated heterocycles. The molecular formula is C15H23FN2O. The van der Waals surface area contributed by atoms with Crippen molar-refractivity contribution in [2.45, 2.75) is 31.9 Å². The summed E-state index contributed by atoms with van der Waals surface area (Å²) in [5, 5.41) is 3.50. The largest absolute Gasteiger partial charge is 0.377 e. The Morgan fingerprint density at radius 2 is 2.16 bits per heavy atom. The van der Waals surface area contributed by atoms with Crippen molar-refractivity contribution in [3.05, 3.63) is 30.1 Å². The summed E-state index contributed by atoms with van der Waals surface area (Å²) >= 11 is 0. The number of likely N-dealkylation sites (N-methyl/N-ethyl adjacent to an activating group) is 1. The van der Waals surface area contributed by atoms with Crippen LogP contribution >= 0.6 is 0 Å². The van der Waals surface area contributed by atoms with Crippen LogP contribution in [0.3, 0.4) is 0 Å². The molecule has 0 saturated carbocycles. The van der Waals surface area contributed by atoms with Crippen LogP contribution in [0.5, 0.6) is 0 Å². The van der Waals surface area contributed by atoms with Crippen LogP contribution in [0, 0.1) is 5.82 Å². The van der Waals surface area contributed by atoms with Crippen molar-refractivity contribution in [3.8, 4) is 0 Å². The summed E-state index contributed by atoms with van der Waals surface area (Å²) in [6.45, 7) is 4.86. The topological polar surface area (TPSA) is 24.5 Å². The highest BCUT2D eigenvalue weighted by molar-refractivity contribution is 5.45. The summed E-state index contributed by atoms with van der Waals surface area (Å²) in [4.78, 5) is 2.12. The van der Waals surface area contributed by atoms with Gasteiger partial charge in [-0.25, -0.2) is 4.39 Å². The fourth-order valence-electron chi connectivity index (χ4n) is 2.41. The molecule has 1 aliphatic heterocycles. The molecule has 0 amide bonds. The molecule has 2 atom stereocenters. The van der Waals surface area contributed by atoms with Crippen molar-refractivity contribution in [2.24, 2.45) is 0 Å². The molecule has 1 fully saturated rings. The van der Waals surface area contributed by atoms with Gasteiger partial charge in [-0.1, -0.05) is 0 Å². The lowest BCUT2D eigenvalue weighted by molar-refractivity contribution is 0.0841. The first-order valence-corrected chi connectivity index (χ1v) is 6.98. The molecule has 0 aromatic heterocycles. The Labute approximate surface area is 114 Å². The molecule has 3 nitrogen and oxygen atoms in total. The number of hydrogen-bond donors (Lipinski definition) is 1. The molecule has 19 heavy (non-hydrogen) atoms. The Morgan fingerprint density at radius 1 is 1.42 bits per heavy atom.